The summed E-state index contributed by atoms with van der Waals surface area (Å²) < 4.78 is 9.82. The number of methoxy groups -OCH3 is 2. The summed E-state index contributed by atoms with van der Waals surface area (Å²) in [4.78, 5) is 16.0. The monoisotopic (exact) mass is 272 g/mol. The predicted octanol–water partition coefficient (Wildman–Crippen LogP) is 0.984. The molecule has 0 aromatic rings. The standard InChI is InChI=1S/C14H28N2O3/c1-18-13-12-16(9-6-14(17)19-2)11-10-15-7-4-3-5-8-15/h3-13H2,1-2H3. The van der Waals surface area contributed by atoms with Crippen LogP contribution in [-0.4, -0.2) is 75.9 Å². The van der Waals surface area contributed by atoms with E-state index < -0.39 is 0 Å². The summed E-state index contributed by atoms with van der Waals surface area (Å²) >= 11 is 0. The smallest absolute Gasteiger partial charge is 0.306 e. The molecule has 1 aliphatic heterocycles. The number of carbonyl (C=O) groups excluding carboxylic acids is 1. The van der Waals surface area contributed by atoms with Crippen LogP contribution in [0.1, 0.15) is 25.7 Å². The van der Waals surface area contributed by atoms with E-state index in [0.717, 1.165) is 26.2 Å². The fourth-order valence-corrected chi connectivity index (χ4v) is 2.37. The maximum Gasteiger partial charge on any atom is 0.306 e. The van der Waals surface area contributed by atoms with Gasteiger partial charge < -0.3 is 14.4 Å². The van der Waals surface area contributed by atoms with Crippen molar-refractivity contribution in [3.63, 3.8) is 0 Å². The second-order valence-electron chi connectivity index (χ2n) is 5.06. The lowest BCUT2D eigenvalue weighted by Crippen LogP contribution is -2.39. The van der Waals surface area contributed by atoms with Gasteiger partial charge in [0.15, 0.2) is 0 Å². The maximum atomic E-state index is 11.2. The third-order valence-electron chi connectivity index (χ3n) is 3.65. The van der Waals surface area contributed by atoms with Gasteiger partial charge >= 0.3 is 5.97 Å². The summed E-state index contributed by atoms with van der Waals surface area (Å²) in [5.74, 6) is -0.139. The van der Waals surface area contributed by atoms with Gasteiger partial charge in [-0.05, 0) is 25.9 Å². The van der Waals surface area contributed by atoms with Crippen LogP contribution in [0.4, 0.5) is 0 Å². The first-order valence-electron chi connectivity index (χ1n) is 7.26. The Morgan fingerprint density at radius 3 is 2.47 bits per heavy atom. The van der Waals surface area contributed by atoms with E-state index in [1.807, 2.05) is 0 Å². The Kier molecular flexibility index (Phi) is 8.79. The molecule has 112 valence electrons. The van der Waals surface area contributed by atoms with E-state index in [9.17, 15) is 4.79 Å². The predicted molar refractivity (Wildman–Crippen MR) is 75.2 cm³/mol. The molecule has 0 saturated carbocycles. The largest absolute Gasteiger partial charge is 0.469 e. The number of likely N-dealkylation sites (tertiary alicyclic amines) is 1. The topological polar surface area (TPSA) is 42.0 Å². The van der Waals surface area contributed by atoms with Crippen molar-refractivity contribution in [2.24, 2.45) is 0 Å². The molecule has 5 nitrogen and oxygen atoms in total. The summed E-state index contributed by atoms with van der Waals surface area (Å²) in [5.41, 5.74) is 0. The van der Waals surface area contributed by atoms with E-state index in [1.165, 1.54) is 39.5 Å². The number of nitrogens with zero attached hydrogens (tertiary/aromatic N) is 2. The first kappa shape index (κ1) is 16.4. The molecular formula is C14H28N2O3. The van der Waals surface area contributed by atoms with Gasteiger partial charge in [0.2, 0.25) is 0 Å². The van der Waals surface area contributed by atoms with Crippen molar-refractivity contribution < 1.29 is 14.3 Å². The van der Waals surface area contributed by atoms with Gasteiger partial charge in [-0.15, -0.1) is 0 Å². The highest BCUT2D eigenvalue weighted by Gasteiger charge is 2.13. The van der Waals surface area contributed by atoms with Crippen LogP contribution in [0.15, 0.2) is 0 Å². The quantitative estimate of drug-likeness (QED) is 0.585. The van der Waals surface area contributed by atoms with Crippen molar-refractivity contribution in [3.05, 3.63) is 0 Å². The molecule has 1 fully saturated rings. The Hall–Kier alpha value is -0.650. The van der Waals surface area contributed by atoms with Crippen LogP contribution in [0.3, 0.4) is 0 Å². The Balaban J connectivity index is 2.24. The fraction of sp³-hybridized carbons (Fsp3) is 0.929. The average Bonchev–Trinajstić information content (AvgIpc) is 2.47. The summed E-state index contributed by atoms with van der Waals surface area (Å²) in [5, 5.41) is 0. The molecule has 0 bridgehead atoms. The number of piperidine rings is 1. The molecule has 1 saturated heterocycles. The number of rotatable bonds is 9. The van der Waals surface area contributed by atoms with Crippen LogP contribution in [0.25, 0.3) is 0 Å². The molecule has 5 heteroatoms. The summed E-state index contributed by atoms with van der Waals surface area (Å²) in [7, 11) is 3.15. The molecule has 0 aromatic heterocycles. The molecule has 0 N–H and O–H groups in total. The Bertz CT molecular complexity index is 243. The van der Waals surface area contributed by atoms with Crippen molar-refractivity contribution in [2.45, 2.75) is 25.7 Å². The number of ether oxygens (including phenoxy) is 2. The van der Waals surface area contributed by atoms with Crippen molar-refractivity contribution >= 4 is 5.97 Å². The zero-order chi connectivity index (χ0) is 13.9. The molecule has 1 aliphatic rings. The van der Waals surface area contributed by atoms with Crippen molar-refractivity contribution in [3.8, 4) is 0 Å². The maximum absolute atomic E-state index is 11.2. The summed E-state index contributed by atoms with van der Waals surface area (Å²) in [6.07, 6.45) is 4.47. The first-order chi connectivity index (χ1) is 9.26. The van der Waals surface area contributed by atoms with Gasteiger partial charge in [0.25, 0.3) is 0 Å². The summed E-state index contributed by atoms with van der Waals surface area (Å²) in [6.45, 7) is 6.86. The van der Waals surface area contributed by atoms with Gasteiger partial charge in [-0.2, -0.15) is 0 Å². The molecule has 1 rings (SSSR count). The van der Waals surface area contributed by atoms with Crippen LogP contribution in [0.2, 0.25) is 0 Å². The molecule has 0 atom stereocenters. The van der Waals surface area contributed by atoms with E-state index in [-0.39, 0.29) is 5.97 Å². The first-order valence-corrected chi connectivity index (χ1v) is 7.26. The van der Waals surface area contributed by atoms with Gasteiger partial charge in [0.1, 0.15) is 0 Å². The molecule has 1 heterocycles. The Morgan fingerprint density at radius 1 is 1.11 bits per heavy atom. The van der Waals surface area contributed by atoms with Crippen LogP contribution in [-0.2, 0) is 14.3 Å². The minimum absolute atomic E-state index is 0.139. The SMILES string of the molecule is COCCN(CCC(=O)OC)CCN1CCCCC1. The van der Waals surface area contributed by atoms with Gasteiger partial charge in [-0.3, -0.25) is 9.69 Å². The fourth-order valence-electron chi connectivity index (χ4n) is 2.37. The van der Waals surface area contributed by atoms with E-state index in [1.54, 1.807) is 7.11 Å². The number of hydrogen-bond donors (Lipinski definition) is 0. The van der Waals surface area contributed by atoms with Crippen molar-refractivity contribution in [2.75, 3.05) is 60.1 Å². The molecule has 19 heavy (non-hydrogen) atoms. The normalized spacial score (nSPS) is 16.8. The average molecular weight is 272 g/mol. The van der Waals surface area contributed by atoms with Gasteiger partial charge in [-0.25, -0.2) is 0 Å². The minimum Gasteiger partial charge on any atom is -0.469 e. The third-order valence-corrected chi connectivity index (χ3v) is 3.65. The second kappa shape index (κ2) is 10.2. The molecule has 0 aliphatic carbocycles. The van der Waals surface area contributed by atoms with Crippen LogP contribution >= 0.6 is 0 Å². The molecule has 0 unspecified atom stereocenters. The highest BCUT2D eigenvalue weighted by molar-refractivity contribution is 5.69. The lowest BCUT2D eigenvalue weighted by atomic mass is 10.1. The lowest BCUT2D eigenvalue weighted by molar-refractivity contribution is -0.141. The van der Waals surface area contributed by atoms with E-state index in [4.69, 9.17) is 9.47 Å². The highest BCUT2D eigenvalue weighted by Crippen LogP contribution is 2.08. The van der Waals surface area contributed by atoms with Gasteiger partial charge in [0.05, 0.1) is 20.1 Å². The number of esters is 1. The van der Waals surface area contributed by atoms with Crippen LogP contribution in [0.5, 0.6) is 0 Å². The minimum atomic E-state index is -0.139. The van der Waals surface area contributed by atoms with Crippen LogP contribution in [0, 0.1) is 0 Å². The molecule has 0 amide bonds. The van der Waals surface area contributed by atoms with Crippen molar-refractivity contribution in [1.29, 1.82) is 0 Å². The van der Waals surface area contributed by atoms with Crippen LogP contribution < -0.4 is 0 Å². The number of hydrogen-bond acceptors (Lipinski definition) is 5. The zero-order valence-electron chi connectivity index (χ0n) is 12.4. The van der Waals surface area contributed by atoms with E-state index in [0.29, 0.717) is 13.0 Å². The molecular weight excluding hydrogens is 244 g/mol. The van der Waals surface area contributed by atoms with E-state index in [2.05, 4.69) is 9.80 Å². The Morgan fingerprint density at radius 2 is 1.84 bits per heavy atom. The van der Waals surface area contributed by atoms with E-state index >= 15 is 0 Å². The molecule has 0 aromatic carbocycles. The lowest BCUT2D eigenvalue weighted by Gasteiger charge is -2.29. The Labute approximate surface area is 116 Å². The number of carbonyl (C=O) groups is 1. The summed E-state index contributed by atoms with van der Waals surface area (Å²) in [6, 6.07) is 0. The zero-order valence-corrected chi connectivity index (χ0v) is 12.4. The van der Waals surface area contributed by atoms with Gasteiger partial charge in [-0.1, -0.05) is 6.42 Å². The molecule has 0 radical (unpaired) electrons. The van der Waals surface area contributed by atoms with Gasteiger partial charge in [0, 0.05) is 33.3 Å². The second-order valence-corrected chi connectivity index (χ2v) is 5.06. The molecule has 0 spiro atoms. The third kappa shape index (κ3) is 7.50. The van der Waals surface area contributed by atoms with Crippen molar-refractivity contribution in [1.82, 2.24) is 9.80 Å². The highest BCUT2D eigenvalue weighted by atomic mass is 16.5.